The Balaban J connectivity index is 2.93. The molecule has 1 rings (SSSR count). The number of nitrogens with zero attached hydrogens (tertiary/aromatic N) is 2. The van der Waals surface area contributed by atoms with Crippen LogP contribution in [0.5, 0.6) is 0 Å². The van der Waals surface area contributed by atoms with Gasteiger partial charge in [0.1, 0.15) is 5.82 Å². The van der Waals surface area contributed by atoms with Crippen LogP contribution in [0, 0.1) is 22.6 Å². The summed E-state index contributed by atoms with van der Waals surface area (Å²) < 4.78 is 14.4. The van der Waals surface area contributed by atoms with Crippen molar-refractivity contribution in [1.82, 2.24) is 0 Å². The normalized spacial score (nSPS) is 11.0. The molecule has 2 nitrogen and oxygen atoms in total. The number of rotatable bonds is 3. The predicted molar refractivity (Wildman–Crippen MR) is 66.8 cm³/mol. The van der Waals surface area contributed by atoms with Crippen LogP contribution in [0.25, 0.3) is 0 Å². The Kier molecular flexibility index (Phi) is 3.93. The fraction of sp³-hybridized carbons (Fsp3) is 0.417. The topological polar surface area (TPSA) is 27.0 Å². The van der Waals surface area contributed by atoms with Gasteiger partial charge in [0.25, 0.3) is 0 Å². The van der Waals surface area contributed by atoms with Gasteiger partial charge in [-0.25, -0.2) is 4.39 Å². The van der Waals surface area contributed by atoms with Crippen LogP contribution in [0.1, 0.15) is 13.8 Å². The molecule has 0 amide bonds. The highest BCUT2D eigenvalue weighted by Crippen LogP contribution is 2.25. The Labute approximate surface area is 104 Å². The lowest BCUT2D eigenvalue weighted by atomic mass is 9.95. The van der Waals surface area contributed by atoms with Crippen LogP contribution in [0.2, 0.25) is 0 Å². The highest BCUT2D eigenvalue weighted by atomic mass is 79.9. The number of anilines is 1. The molecule has 0 radical (unpaired) electrons. The molecule has 0 fully saturated rings. The monoisotopic (exact) mass is 284 g/mol. The van der Waals surface area contributed by atoms with E-state index in [0.717, 1.165) is 4.47 Å². The predicted octanol–water partition coefficient (Wildman–Crippen LogP) is 3.57. The molecule has 0 heterocycles. The van der Waals surface area contributed by atoms with Gasteiger partial charge in [-0.05, 0) is 32.0 Å². The second-order valence-electron chi connectivity index (χ2n) is 4.45. The van der Waals surface area contributed by atoms with Crippen molar-refractivity contribution in [2.75, 3.05) is 18.5 Å². The molecule has 0 unspecified atom stereocenters. The van der Waals surface area contributed by atoms with E-state index in [4.69, 9.17) is 5.26 Å². The Morgan fingerprint density at radius 1 is 1.50 bits per heavy atom. The second-order valence-corrected chi connectivity index (χ2v) is 5.36. The highest BCUT2D eigenvalue weighted by molar-refractivity contribution is 9.10. The van der Waals surface area contributed by atoms with Crippen molar-refractivity contribution in [2.24, 2.45) is 5.41 Å². The largest absolute Gasteiger partial charge is 0.371 e. The molecule has 1 aromatic rings. The van der Waals surface area contributed by atoms with E-state index in [9.17, 15) is 4.39 Å². The lowest BCUT2D eigenvalue weighted by Gasteiger charge is -2.26. The molecule has 0 saturated heterocycles. The highest BCUT2D eigenvalue weighted by Gasteiger charge is 2.20. The second kappa shape index (κ2) is 4.84. The van der Waals surface area contributed by atoms with Gasteiger partial charge in [-0.15, -0.1) is 0 Å². The number of benzene rings is 1. The van der Waals surface area contributed by atoms with Gasteiger partial charge in [0, 0.05) is 18.1 Å². The average molecular weight is 285 g/mol. The first-order valence-corrected chi connectivity index (χ1v) is 5.72. The maximum absolute atomic E-state index is 13.6. The Bertz CT molecular complexity index is 424. The summed E-state index contributed by atoms with van der Waals surface area (Å²) in [6.45, 7) is 4.15. The van der Waals surface area contributed by atoms with Crippen LogP contribution in [0.4, 0.5) is 10.1 Å². The van der Waals surface area contributed by atoms with Gasteiger partial charge in [0.2, 0.25) is 0 Å². The first-order valence-electron chi connectivity index (χ1n) is 4.93. The van der Waals surface area contributed by atoms with Crippen molar-refractivity contribution in [3.8, 4) is 6.07 Å². The Morgan fingerprint density at radius 3 is 2.69 bits per heavy atom. The molecule has 0 saturated carbocycles. The quantitative estimate of drug-likeness (QED) is 0.848. The lowest BCUT2D eigenvalue weighted by Crippen LogP contribution is -2.30. The fourth-order valence-corrected chi connectivity index (χ4v) is 1.84. The lowest BCUT2D eigenvalue weighted by molar-refractivity contribution is 0.493. The molecular formula is C12H14BrFN2. The van der Waals surface area contributed by atoms with Gasteiger partial charge in [-0.2, -0.15) is 5.26 Å². The zero-order valence-corrected chi connectivity index (χ0v) is 11.2. The molecule has 4 heteroatoms. The molecule has 0 bridgehead atoms. The molecule has 0 aliphatic rings. The van der Waals surface area contributed by atoms with E-state index in [0.29, 0.717) is 12.2 Å². The standard InChI is InChI=1S/C12H14BrFN2/c1-12(2,7-15)8-16(3)11-6-9(13)4-5-10(11)14/h4-6H,8H2,1-3H3. The van der Waals surface area contributed by atoms with E-state index >= 15 is 0 Å². The van der Waals surface area contributed by atoms with Crippen molar-refractivity contribution in [3.05, 3.63) is 28.5 Å². The molecular weight excluding hydrogens is 271 g/mol. The summed E-state index contributed by atoms with van der Waals surface area (Å²) in [5.41, 5.74) is 0.00135. The van der Waals surface area contributed by atoms with Crippen LogP contribution in [-0.4, -0.2) is 13.6 Å². The molecule has 0 spiro atoms. The van der Waals surface area contributed by atoms with Crippen LogP contribution < -0.4 is 4.90 Å². The summed E-state index contributed by atoms with van der Waals surface area (Å²) in [5, 5.41) is 8.93. The van der Waals surface area contributed by atoms with E-state index in [2.05, 4.69) is 22.0 Å². The summed E-state index contributed by atoms with van der Waals surface area (Å²) in [7, 11) is 1.78. The van der Waals surface area contributed by atoms with Crippen molar-refractivity contribution in [1.29, 1.82) is 5.26 Å². The van der Waals surface area contributed by atoms with Crippen molar-refractivity contribution in [2.45, 2.75) is 13.8 Å². The first-order chi connectivity index (χ1) is 7.35. The van der Waals surface area contributed by atoms with Gasteiger partial charge < -0.3 is 4.90 Å². The third kappa shape index (κ3) is 3.21. The summed E-state index contributed by atoms with van der Waals surface area (Å²) >= 11 is 3.30. The molecule has 0 N–H and O–H groups in total. The Hall–Kier alpha value is -1.08. The summed E-state index contributed by atoms with van der Waals surface area (Å²) in [5.74, 6) is -0.278. The van der Waals surface area contributed by atoms with Crippen LogP contribution >= 0.6 is 15.9 Å². The third-order valence-electron chi connectivity index (χ3n) is 2.25. The van der Waals surface area contributed by atoms with E-state index in [-0.39, 0.29) is 5.82 Å². The third-order valence-corrected chi connectivity index (χ3v) is 2.75. The van der Waals surface area contributed by atoms with Crippen LogP contribution in [-0.2, 0) is 0 Å². The van der Waals surface area contributed by atoms with Gasteiger partial charge in [0.15, 0.2) is 0 Å². The van der Waals surface area contributed by atoms with Gasteiger partial charge >= 0.3 is 0 Å². The van der Waals surface area contributed by atoms with Crippen molar-refractivity contribution < 1.29 is 4.39 Å². The summed E-state index contributed by atoms with van der Waals surface area (Å²) in [4.78, 5) is 1.75. The maximum Gasteiger partial charge on any atom is 0.146 e. The van der Waals surface area contributed by atoms with Gasteiger partial charge in [-0.3, -0.25) is 0 Å². The van der Waals surface area contributed by atoms with Gasteiger partial charge in [-0.1, -0.05) is 15.9 Å². The van der Waals surface area contributed by atoms with Crippen LogP contribution in [0.3, 0.4) is 0 Å². The smallest absolute Gasteiger partial charge is 0.146 e. The fourth-order valence-electron chi connectivity index (χ4n) is 1.49. The summed E-state index contributed by atoms with van der Waals surface area (Å²) in [6, 6.07) is 6.98. The van der Waals surface area contributed by atoms with Crippen molar-refractivity contribution in [3.63, 3.8) is 0 Å². The number of nitriles is 1. The molecule has 1 aromatic carbocycles. The van der Waals surface area contributed by atoms with Gasteiger partial charge in [0.05, 0.1) is 17.2 Å². The zero-order chi connectivity index (χ0) is 12.3. The van der Waals surface area contributed by atoms with E-state index < -0.39 is 5.41 Å². The minimum atomic E-state index is -0.497. The van der Waals surface area contributed by atoms with E-state index in [1.54, 1.807) is 24.1 Å². The maximum atomic E-state index is 13.6. The molecule has 0 aliphatic carbocycles. The number of hydrogen-bond acceptors (Lipinski definition) is 2. The zero-order valence-electron chi connectivity index (χ0n) is 9.59. The Morgan fingerprint density at radius 2 is 2.12 bits per heavy atom. The molecule has 0 aliphatic heterocycles. The average Bonchev–Trinajstić information content (AvgIpc) is 2.21. The van der Waals surface area contributed by atoms with Crippen LogP contribution in [0.15, 0.2) is 22.7 Å². The van der Waals surface area contributed by atoms with E-state index in [1.807, 2.05) is 13.8 Å². The first kappa shape index (κ1) is 13.0. The number of hydrogen-bond donors (Lipinski definition) is 0. The minimum Gasteiger partial charge on any atom is -0.371 e. The number of halogens is 2. The molecule has 16 heavy (non-hydrogen) atoms. The van der Waals surface area contributed by atoms with Crippen molar-refractivity contribution >= 4 is 21.6 Å². The van der Waals surface area contributed by atoms with E-state index in [1.165, 1.54) is 6.07 Å². The summed E-state index contributed by atoms with van der Waals surface area (Å²) in [6.07, 6.45) is 0. The molecule has 0 aromatic heterocycles. The molecule has 86 valence electrons. The minimum absolute atomic E-state index is 0.278. The molecule has 0 atom stereocenters. The SMILES string of the molecule is CN(CC(C)(C)C#N)c1cc(Br)ccc1F.